The molecule has 7 nitrogen and oxygen atoms in total. The van der Waals surface area contributed by atoms with E-state index in [2.05, 4.69) is 9.88 Å². The summed E-state index contributed by atoms with van der Waals surface area (Å²) in [6, 6.07) is 14.7. The van der Waals surface area contributed by atoms with Crippen molar-refractivity contribution in [2.24, 2.45) is 5.73 Å². The molecule has 27 heavy (non-hydrogen) atoms. The Morgan fingerprint density at radius 2 is 1.89 bits per heavy atom. The van der Waals surface area contributed by atoms with Crippen molar-refractivity contribution in [3.8, 4) is 5.75 Å². The van der Waals surface area contributed by atoms with Gasteiger partial charge in [0.2, 0.25) is 0 Å². The van der Waals surface area contributed by atoms with E-state index in [4.69, 9.17) is 15.6 Å². The summed E-state index contributed by atoms with van der Waals surface area (Å²) in [5, 5.41) is 12.3. The van der Waals surface area contributed by atoms with Gasteiger partial charge >= 0.3 is 12.0 Å². The third kappa shape index (κ3) is 3.87. The number of anilines is 1. The topological polar surface area (TPSA) is 107 Å². The predicted octanol–water partition coefficient (Wildman–Crippen LogP) is 3.21. The number of urea groups is 1. The van der Waals surface area contributed by atoms with Gasteiger partial charge in [-0.15, -0.1) is 0 Å². The molecule has 0 saturated heterocycles. The van der Waals surface area contributed by atoms with Crippen molar-refractivity contribution in [3.05, 3.63) is 59.8 Å². The van der Waals surface area contributed by atoms with E-state index >= 15 is 0 Å². The Labute approximate surface area is 156 Å². The number of hydrogen-bond donors (Lipinski definition) is 3. The zero-order valence-electron chi connectivity index (χ0n) is 14.9. The van der Waals surface area contributed by atoms with Crippen LogP contribution in [0.25, 0.3) is 10.9 Å². The van der Waals surface area contributed by atoms with Crippen molar-refractivity contribution in [1.29, 1.82) is 0 Å². The highest BCUT2D eigenvalue weighted by molar-refractivity contribution is 6.05. The average Bonchev–Trinajstić information content (AvgIpc) is 2.93. The van der Waals surface area contributed by atoms with Crippen LogP contribution in [0.15, 0.2) is 48.5 Å². The van der Waals surface area contributed by atoms with E-state index in [0.29, 0.717) is 29.8 Å². The monoisotopic (exact) mass is 367 g/mol. The number of carbonyl (C=O) groups is 2. The number of aliphatic carboxylic acids is 1. The summed E-state index contributed by atoms with van der Waals surface area (Å²) in [6.07, 6.45) is 0.648. The lowest BCUT2D eigenvalue weighted by molar-refractivity contribution is -0.139. The molecule has 0 saturated carbocycles. The first-order valence-electron chi connectivity index (χ1n) is 8.60. The Morgan fingerprint density at radius 1 is 1.15 bits per heavy atom. The SMILES string of the molecule is CCc1c(NC(N)=O)c2c(OCC(=O)O)cccc2n1Cc1ccccc1. The second-order valence-corrected chi connectivity index (χ2v) is 6.07. The fraction of sp³-hybridized carbons (Fsp3) is 0.200. The van der Waals surface area contributed by atoms with Crippen LogP contribution in [0.2, 0.25) is 0 Å². The number of hydrogen-bond acceptors (Lipinski definition) is 3. The summed E-state index contributed by atoms with van der Waals surface area (Å²) in [4.78, 5) is 22.5. The number of fused-ring (bicyclic) bond motifs is 1. The van der Waals surface area contributed by atoms with Crippen LogP contribution in [-0.2, 0) is 17.8 Å². The highest BCUT2D eigenvalue weighted by atomic mass is 16.5. The minimum absolute atomic E-state index is 0.389. The number of nitrogens with two attached hydrogens (primary N) is 1. The molecule has 1 heterocycles. The number of nitrogens with one attached hydrogen (secondary N) is 1. The molecular weight excluding hydrogens is 346 g/mol. The van der Waals surface area contributed by atoms with E-state index in [1.165, 1.54) is 0 Å². The van der Waals surface area contributed by atoms with E-state index < -0.39 is 18.6 Å². The molecule has 2 aromatic carbocycles. The summed E-state index contributed by atoms with van der Waals surface area (Å²) in [5.41, 5.74) is 8.76. The van der Waals surface area contributed by atoms with Gasteiger partial charge < -0.3 is 25.5 Å². The average molecular weight is 367 g/mol. The Balaban J connectivity index is 2.20. The Hall–Kier alpha value is -3.48. The maximum atomic E-state index is 11.6. The van der Waals surface area contributed by atoms with E-state index in [-0.39, 0.29) is 0 Å². The standard InChI is InChI=1S/C20H21N3O4/c1-2-14-19(22-20(21)26)18-15(9-6-10-16(18)27-12-17(24)25)23(14)11-13-7-4-3-5-8-13/h3-10H,2,11-12H2,1H3,(H,24,25)(H3,21,22,26). The molecule has 1 aromatic heterocycles. The lowest BCUT2D eigenvalue weighted by atomic mass is 10.2. The third-order valence-electron chi connectivity index (χ3n) is 4.28. The van der Waals surface area contributed by atoms with Gasteiger partial charge in [0, 0.05) is 12.2 Å². The zero-order chi connectivity index (χ0) is 19.4. The number of carbonyl (C=O) groups excluding carboxylic acids is 1. The minimum Gasteiger partial charge on any atom is -0.481 e. The summed E-state index contributed by atoms with van der Waals surface area (Å²) < 4.78 is 7.55. The molecule has 0 unspecified atom stereocenters. The number of ether oxygens (including phenoxy) is 1. The molecule has 140 valence electrons. The first kappa shape index (κ1) is 18.3. The van der Waals surface area contributed by atoms with Crippen LogP contribution in [0.4, 0.5) is 10.5 Å². The molecule has 0 bridgehead atoms. The summed E-state index contributed by atoms with van der Waals surface area (Å²) in [5.74, 6) is -0.684. The number of carboxylic acids is 1. The molecule has 0 aliphatic heterocycles. The summed E-state index contributed by atoms with van der Waals surface area (Å²) in [6.45, 7) is 2.11. The molecule has 0 radical (unpaired) electrons. The molecule has 2 amide bonds. The number of primary amides is 1. The number of rotatable bonds is 7. The van der Waals surface area contributed by atoms with Gasteiger partial charge in [-0.2, -0.15) is 0 Å². The van der Waals surface area contributed by atoms with Gasteiger partial charge in [-0.05, 0) is 24.1 Å². The Bertz CT molecular complexity index is 980. The second kappa shape index (κ2) is 7.82. The number of nitrogens with zero attached hydrogens (tertiary/aromatic N) is 1. The molecule has 0 aliphatic rings. The summed E-state index contributed by atoms with van der Waals surface area (Å²) >= 11 is 0. The Kier molecular flexibility index (Phi) is 5.30. The first-order chi connectivity index (χ1) is 13.0. The maximum absolute atomic E-state index is 11.6. The van der Waals surface area contributed by atoms with Crippen molar-refractivity contribution >= 4 is 28.6 Å². The lowest BCUT2D eigenvalue weighted by Gasteiger charge is -2.11. The zero-order valence-corrected chi connectivity index (χ0v) is 14.9. The second-order valence-electron chi connectivity index (χ2n) is 6.07. The van der Waals surface area contributed by atoms with Crippen molar-refractivity contribution in [3.63, 3.8) is 0 Å². The molecule has 0 aliphatic carbocycles. The van der Waals surface area contributed by atoms with Crippen molar-refractivity contribution in [2.45, 2.75) is 19.9 Å². The van der Waals surface area contributed by atoms with Gasteiger partial charge in [-0.1, -0.05) is 43.3 Å². The molecule has 3 aromatic rings. The molecule has 0 fully saturated rings. The normalized spacial score (nSPS) is 10.7. The van der Waals surface area contributed by atoms with Crippen LogP contribution < -0.4 is 15.8 Å². The van der Waals surface area contributed by atoms with Crippen molar-refractivity contribution < 1.29 is 19.4 Å². The van der Waals surface area contributed by atoms with E-state index in [1.807, 2.05) is 43.3 Å². The highest BCUT2D eigenvalue weighted by Gasteiger charge is 2.21. The third-order valence-corrected chi connectivity index (χ3v) is 4.28. The minimum atomic E-state index is -1.07. The smallest absolute Gasteiger partial charge is 0.341 e. The highest BCUT2D eigenvalue weighted by Crippen LogP contribution is 2.38. The number of aromatic nitrogens is 1. The molecular formula is C20H21N3O4. The van der Waals surface area contributed by atoms with E-state index in [0.717, 1.165) is 16.8 Å². The number of carboxylic acid groups (broad SMARTS) is 1. The molecule has 4 N–H and O–H groups in total. The van der Waals surface area contributed by atoms with Gasteiger partial charge in [0.15, 0.2) is 6.61 Å². The van der Waals surface area contributed by atoms with Gasteiger partial charge in [0.25, 0.3) is 0 Å². The fourth-order valence-electron chi connectivity index (χ4n) is 3.25. The van der Waals surface area contributed by atoms with E-state index in [9.17, 15) is 9.59 Å². The molecule has 0 spiro atoms. The summed E-state index contributed by atoms with van der Waals surface area (Å²) in [7, 11) is 0. The van der Waals surface area contributed by atoms with Crippen LogP contribution in [-0.4, -0.2) is 28.3 Å². The quantitative estimate of drug-likeness (QED) is 0.596. The lowest BCUT2D eigenvalue weighted by Crippen LogP contribution is -2.20. The number of benzene rings is 2. The first-order valence-corrected chi connectivity index (χ1v) is 8.60. The number of amides is 2. The van der Waals surface area contributed by atoms with Crippen LogP contribution in [0.1, 0.15) is 18.2 Å². The molecule has 7 heteroatoms. The van der Waals surface area contributed by atoms with Crippen molar-refractivity contribution in [1.82, 2.24) is 4.57 Å². The van der Waals surface area contributed by atoms with Crippen LogP contribution in [0.5, 0.6) is 5.75 Å². The predicted molar refractivity (Wildman–Crippen MR) is 103 cm³/mol. The van der Waals surface area contributed by atoms with Crippen molar-refractivity contribution in [2.75, 3.05) is 11.9 Å². The Morgan fingerprint density at radius 3 is 2.52 bits per heavy atom. The van der Waals surface area contributed by atoms with Gasteiger partial charge in [0.05, 0.1) is 16.6 Å². The van der Waals surface area contributed by atoms with E-state index in [1.54, 1.807) is 12.1 Å². The fourth-order valence-corrected chi connectivity index (χ4v) is 3.25. The molecule has 3 rings (SSSR count). The molecule has 0 atom stereocenters. The van der Waals surface area contributed by atoms with Crippen LogP contribution in [0.3, 0.4) is 0 Å². The van der Waals surface area contributed by atoms with Crippen LogP contribution in [0, 0.1) is 0 Å². The largest absolute Gasteiger partial charge is 0.481 e. The van der Waals surface area contributed by atoms with Gasteiger partial charge in [-0.25, -0.2) is 9.59 Å². The van der Waals surface area contributed by atoms with Gasteiger partial charge in [0.1, 0.15) is 5.75 Å². The maximum Gasteiger partial charge on any atom is 0.341 e. The van der Waals surface area contributed by atoms with Crippen LogP contribution >= 0.6 is 0 Å². The van der Waals surface area contributed by atoms with Gasteiger partial charge in [-0.3, -0.25) is 0 Å².